The number of carbonyl (C=O) groups is 1. The van der Waals surface area contributed by atoms with Gasteiger partial charge in [-0.2, -0.15) is 4.99 Å². The van der Waals surface area contributed by atoms with Gasteiger partial charge in [0.2, 0.25) is 0 Å². The Bertz CT molecular complexity index is 298. The van der Waals surface area contributed by atoms with Crippen LogP contribution in [0.1, 0.15) is 33.1 Å². The highest BCUT2D eigenvalue weighted by atomic mass is 32.1. The predicted molar refractivity (Wildman–Crippen MR) is 55.7 cm³/mol. The van der Waals surface area contributed by atoms with Gasteiger partial charge in [0.1, 0.15) is 0 Å². The zero-order chi connectivity index (χ0) is 9.90. The largest absolute Gasteiger partial charge is 0.281 e. The van der Waals surface area contributed by atoms with Crippen molar-refractivity contribution >= 4 is 23.3 Å². The standard InChI is InChI=1S/C10H13NOS/c1-10(2)5-3-4-8(6-10)9(12)11-7-13/h4H,3,5-6H2,1-2H3. The number of carbonyl (C=O) groups excluding carboxylic acids is 1. The second-order valence-electron chi connectivity index (χ2n) is 4.12. The van der Waals surface area contributed by atoms with E-state index in [1.807, 2.05) is 6.08 Å². The maximum absolute atomic E-state index is 11.3. The highest BCUT2D eigenvalue weighted by molar-refractivity contribution is 7.78. The van der Waals surface area contributed by atoms with E-state index >= 15 is 0 Å². The number of aliphatic imine (C=N–C) groups is 1. The van der Waals surface area contributed by atoms with Gasteiger partial charge < -0.3 is 0 Å². The van der Waals surface area contributed by atoms with Gasteiger partial charge in [-0.1, -0.05) is 19.9 Å². The van der Waals surface area contributed by atoms with E-state index in [9.17, 15) is 4.79 Å². The number of isothiocyanates is 1. The molecule has 3 heteroatoms. The van der Waals surface area contributed by atoms with Crippen molar-refractivity contribution in [3.8, 4) is 0 Å². The first-order valence-corrected chi connectivity index (χ1v) is 4.77. The molecule has 0 aromatic heterocycles. The van der Waals surface area contributed by atoms with Crippen molar-refractivity contribution < 1.29 is 4.79 Å². The van der Waals surface area contributed by atoms with Crippen LogP contribution < -0.4 is 0 Å². The summed E-state index contributed by atoms with van der Waals surface area (Å²) in [5.74, 6) is -0.220. The second-order valence-corrected chi connectivity index (χ2v) is 4.30. The molecule has 0 fully saturated rings. The summed E-state index contributed by atoms with van der Waals surface area (Å²) in [6.45, 7) is 4.32. The minimum atomic E-state index is -0.220. The number of amides is 1. The molecule has 1 rings (SSSR count). The number of hydrogen-bond donors (Lipinski definition) is 0. The fourth-order valence-electron chi connectivity index (χ4n) is 1.59. The Balaban J connectivity index is 2.77. The molecule has 0 heterocycles. The lowest BCUT2D eigenvalue weighted by Gasteiger charge is -2.28. The smallest absolute Gasteiger partial charge is 0.266 e. The number of thiocarbonyl (C=S) groups is 1. The molecule has 70 valence electrons. The van der Waals surface area contributed by atoms with Crippen LogP contribution in [0.4, 0.5) is 0 Å². The summed E-state index contributed by atoms with van der Waals surface area (Å²) in [5, 5.41) is 2.11. The summed E-state index contributed by atoms with van der Waals surface area (Å²) >= 11 is 4.39. The van der Waals surface area contributed by atoms with Gasteiger partial charge in [-0.05, 0) is 36.9 Å². The molecule has 0 radical (unpaired) electrons. The van der Waals surface area contributed by atoms with Gasteiger partial charge in [0.15, 0.2) is 0 Å². The average Bonchev–Trinajstić information content (AvgIpc) is 2.03. The maximum Gasteiger partial charge on any atom is 0.281 e. The molecule has 0 aromatic rings. The monoisotopic (exact) mass is 195 g/mol. The summed E-state index contributed by atoms with van der Waals surface area (Å²) < 4.78 is 0. The molecule has 1 amide bonds. The van der Waals surface area contributed by atoms with E-state index in [0.29, 0.717) is 0 Å². The van der Waals surface area contributed by atoms with E-state index in [0.717, 1.165) is 24.8 Å². The molecule has 2 nitrogen and oxygen atoms in total. The molecule has 1 aliphatic carbocycles. The number of allylic oxidation sites excluding steroid dienone is 1. The van der Waals surface area contributed by atoms with Crippen molar-refractivity contribution in [2.24, 2.45) is 10.4 Å². The summed E-state index contributed by atoms with van der Waals surface area (Å²) in [6, 6.07) is 0. The van der Waals surface area contributed by atoms with Gasteiger partial charge in [0.05, 0.1) is 5.16 Å². The molecular formula is C10H13NOS. The second kappa shape index (κ2) is 3.95. The van der Waals surface area contributed by atoms with Crippen LogP contribution in [-0.2, 0) is 4.79 Å². The number of nitrogens with zero attached hydrogens (tertiary/aromatic N) is 1. The van der Waals surface area contributed by atoms with E-state index in [4.69, 9.17) is 0 Å². The molecule has 1 aliphatic rings. The minimum Gasteiger partial charge on any atom is -0.266 e. The Morgan fingerprint density at radius 1 is 1.69 bits per heavy atom. The fourth-order valence-corrected chi connectivity index (χ4v) is 1.67. The molecule has 0 unspecified atom stereocenters. The van der Waals surface area contributed by atoms with Crippen LogP contribution in [0.15, 0.2) is 16.6 Å². The summed E-state index contributed by atoms with van der Waals surface area (Å²) in [4.78, 5) is 14.8. The van der Waals surface area contributed by atoms with E-state index in [1.54, 1.807) is 0 Å². The molecule has 13 heavy (non-hydrogen) atoms. The van der Waals surface area contributed by atoms with Crippen LogP contribution in [0.3, 0.4) is 0 Å². The first-order chi connectivity index (χ1) is 6.05. The van der Waals surface area contributed by atoms with Crippen molar-refractivity contribution in [2.75, 3.05) is 0 Å². The highest BCUT2D eigenvalue weighted by Crippen LogP contribution is 2.35. The molecule has 0 saturated carbocycles. The summed E-state index contributed by atoms with van der Waals surface area (Å²) in [5.41, 5.74) is 1.00. The normalized spacial score (nSPS) is 20.0. The molecule has 0 spiro atoms. The van der Waals surface area contributed by atoms with Crippen LogP contribution in [-0.4, -0.2) is 11.1 Å². The van der Waals surface area contributed by atoms with Crippen molar-refractivity contribution in [2.45, 2.75) is 33.1 Å². The van der Waals surface area contributed by atoms with E-state index < -0.39 is 0 Å². The molecule has 0 N–H and O–H groups in total. The Hall–Kier alpha value is -0.790. The molecule has 0 saturated heterocycles. The summed E-state index contributed by atoms with van der Waals surface area (Å²) in [6.07, 6.45) is 4.85. The molecular weight excluding hydrogens is 182 g/mol. The van der Waals surface area contributed by atoms with Crippen molar-refractivity contribution in [1.29, 1.82) is 0 Å². The van der Waals surface area contributed by atoms with Gasteiger partial charge in [0, 0.05) is 5.57 Å². The van der Waals surface area contributed by atoms with E-state index in [-0.39, 0.29) is 11.3 Å². The van der Waals surface area contributed by atoms with Crippen LogP contribution >= 0.6 is 12.2 Å². The Labute approximate surface area is 83.7 Å². The van der Waals surface area contributed by atoms with Gasteiger partial charge in [-0.3, -0.25) is 4.79 Å². The third kappa shape index (κ3) is 2.87. The lowest BCUT2D eigenvalue weighted by molar-refractivity contribution is -0.114. The van der Waals surface area contributed by atoms with Gasteiger partial charge >= 0.3 is 0 Å². The first kappa shape index (κ1) is 10.3. The topological polar surface area (TPSA) is 29.4 Å². The molecule has 0 bridgehead atoms. The van der Waals surface area contributed by atoms with Crippen molar-refractivity contribution in [3.63, 3.8) is 0 Å². The van der Waals surface area contributed by atoms with Gasteiger partial charge in [-0.15, -0.1) is 0 Å². The Morgan fingerprint density at radius 2 is 2.38 bits per heavy atom. The van der Waals surface area contributed by atoms with Crippen LogP contribution in [0.2, 0.25) is 0 Å². The van der Waals surface area contributed by atoms with Crippen molar-refractivity contribution in [3.05, 3.63) is 11.6 Å². The van der Waals surface area contributed by atoms with Gasteiger partial charge in [0.25, 0.3) is 5.91 Å². The molecule has 0 atom stereocenters. The number of hydrogen-bond acceptors (Lipinski definition) is 2. The van der Waals surface area contributed by atoms with Crippen LogP contribution in [0.5, 0.6) is 0 Å². The fraction of sp³-hybridized carbons (Fsp3) is 0.600. The SMILES string of the molecule is CC1(C)CCC=C(C(=O)N=C=S)C1. The lowest BCUT2D eigenvalue weighted by atomic mass is 9.77. The highest BCUT2D eigenvalue weighted by Gasteiger charge is 2.25. The minimum absolute atomic E-state index is 0.219. The van der Waals surface area contributed by atoms with E-state index in [1.165, 1.54) is 0 Å². The van der Waals surface area contributed by atoms with Crippen molar-refractivity contribution in [1.82, 2.24) is 0 Å². The predicted octanol–water partition coefficient (Wildman–Crippen LogP) is 2.75. The third-order valence-corrected chi connectivity index (χ3v) is 2.39. The lowest BCUT2D eigenvalue weighted by Crippen LogP contribution is -2.18. The van der Waals surface area contributed by atoms with Crippen LogP contribution in [0.25, 0.3) is 0 Å². The van der Waals surface area contributed by atoms with Crippen LogP contribution in [0, 0.1) is 5.41 Å². The zero-order valence-electron chi connectivity index (χ0n) is 7.96. The Kier molecular flexibility index (Phi) is 3.12. The van der Waals surface area contributed by atoms with Gasteiger partial charge in [-0.25, -0.2) is 0 Å². The third-order valence-electron chi connectivity index (χ3n) is 2.30. The molecule has 0 aliphatic heterocycles. The Morgan fingerprint density at radius 3 is 2.92 bits per heavy atom. The van der Waals surface area contributed by atoms with E-state index in [2.05, 4.69) is 36.2 Å². The maximum atomic E-state index is 11.3. The summed E-state index contributed by atoms with van der Waals surface area (Å²) in [7, 11) is 0. The average molecular weight is 195 g/mol. The zero-order valence-corrected chi connectivity index (χ0v) is 8.78. The molecule has 0 aromatic carbocycles. The first-order valence-electron chi connectivity index (χ1n) is 4.36. The number of rotatable bonds is 1. The quantitative estimate of drug-likeness (QED) is 0.475.